The number of tetrazole rings is 1. The van der Waals surface area contributed by atoms with Crippen LogP contribution in [0.25, 0.3) is 11.4 Å². The van der Waals surface area contributed by atoms with Crippen molar-refractivity contribution in [2.45, 2.75) is 39.2 Å². The van der Waals surface area contributed by atoms with Crippen LogP contribution in [0.3, 0.4) is 0 Å². The zero-order chi connectivity index (χ0) is 14.3. The number of halogens is 1. The Balaban J connectivity index is 2.09. The molecule has 0 spiro atoms. The van der Waals surface area contributed by atoms with Gasteiger partial charge >= 0.3 is 0 Å². The molecule has 1 aromatic carbocycles. The highest BCUT2D eigenvalue weighted by molar-refractivity contribution is 9.10. The first-order chi connectivity index (χ1) is 9.50. The van der Waals surface area contributed by atoms with Gasteiger partial charge < -0.3 is 5.73 Å². The van der Waals surface area contributed by atoms with E-state index in [1.54, 1.807) is 0 Å². The van der Waals surface area contributed by atoms with Crippen LogP contribution in [-0.2, 0) is 0 Å². The number of anilines is 1. The molecule has 0 radical (unpaired) electrons. The third-order valence-corrected chi connectivity index (χ3v) is 5.14. The Morgan fingerprint density at radius 1 is 1.40 bits per heavy atom. The second-order valence-corrected chi connectivity index (χ2v) is 6.85. The van der Waals surface area contributed by atoms with Crippen molar-refractivity contribution in [3.63, 3.8) is 0 Å². The van der Waals surface area contributed by atoms with Crippen molar-refractivity contribution in [1.82, 2.24) is 20.2 Å². The summed E-state index contributed by atoms with van der Waals surface area (Å²) in [6, 6.07) is 6.11. The van der Waals surface area contributed by atoms with Gasteiger partial charge in [-0.05, 0) is 56.7 Å². The van der Waals surface area contributed by atoms with Crippen LogP contribution in [0.1, 0.15) is 39.2 Å². The highest BCUT2D eigenvalue weighted by atomic mass is 79.9. The molecular formula is C14H18BrN5. The zero-order valence-corrected chi connectivity index (χ0v) is 13.3. The Morgan fingerprint density at radius 2 is 2.20 bits per heavy atom. The van der Waals surface area contributed by atoms with E-state index in [0.29, 0.717) is 11.7 Å². The molecular weight excluding hydrogens is 318 g/mol. The van der Waals surface area contributed by atoms with Gasteiger partial charge in [0.05, 0.1) is 10.5 Å². The van der Waals surface area contributed by atoms with Gasteiger partial charge in [0.15, 0.2) is 5.82 Å². The quantitative estimate of drug-likeness (QED) is 0.853. The van der Waals surface area contributed by atoms with Gasteiger partial charge in [0.25, 0.3) is 0 Å². The monoisotopic (exact) mass is 335 g/mol. The third kappa shape index (κ3) is 2.12. The second kappa shape index (κ2) is 4.84. The van der Waals surface area contributed by atoms with Gasteiger partial charge in [-0.15, -0.1) is 5.10 Å². The molecule has 5 nitrogen and oxygen atoms in total. The number of hydrogen-bond acceptors (Lipinski definition) is 4. The van der Waals surface area contributed by atoms with Gasteiger partial charge in [-0.25, -0.2) is 4.68 Å². The van der Waals surface area contributed by atoms with Crippen LogP contribution < -0.4 is 5.73 Å². The minimum atomic E-state index is 0.219. The lowest BCUT2D eigenvalue weighted by molar-refractivity contribution is 0.242. The Bertz CT molecular complexity index is 634. The smallest absolute Gasteiger partial charge is 0.183 e. The molecule has 1 aliphatic carbocycles. The number of nitrogen functional groups attached to an aromatic ring is 1. The Kier molecular flexibility index (Phi) is 3.28. The molecule has 0 aliphatic heterocycles. The first-order valence-electron chi connectivity index (χ1n) is 6.83. The lowest BCUT2D eigenvalue weighted by Crippen LogP contribution is -2.23. The number of aromatic nitrogens is 4. The molecule has 3 rings (SSSR count). The van der Waals surface area contributed by atoms with Gasteiger partial charge in [0.2, 0.25) is 0 Å². The highest BCUT2D eigenvalue weighted by Gasteiger charge is 2.38. The van der Waals surface area contributed by atoms with Crippen molar-refractivity contribution < 1.29 is 0 Å². The predicted octanol–water partition coefficient (Wildman–Crippen LogP) is 3.44. The first kappa shape index (κ1) is 13.5. The molecule has 1 atom stereocenters. The average Bonchev–Trinajstić information content (AvgIpc) is 2.98. The number of hydrogen-bond donors (Lipinski definition) is 1. The SMILES string of the molecule is CC1(C)CCCC1n1nnnc1-c1cccc(N)c1Br. The number of nitrogens with zero attached hydrogens (tertiary/aromatic N) is 4. The summed E-state index contributed by atoms with van der Waals surface area (Å²) >= 11 is 3.54. The van der Waals surface area contributed by atoms with E-state index >= 15 is 0 Å². The van der Waals surface area contributed by atoms with Gasteiger partial charge in [-0.3, -0.25) is 0 Å². The molecule has 2 N–H and O–H groups in total. The molecule has 1 aliphatic rings. The van der Waals surface area contributed by atoms with Gasteiger partial charge in [-0.1, -0.05) is 26.3 Å². The summed E-state index contributed by atoms with van der Waals surface area (Å²) in [6.07, 6.45) is 3.54. The summed E-state index contributed by atoms with van der Waals surface area (Å²) in [6.45, 7) is 4.56. The van der Waals surface area contributed by atoms with E-state index in [4.69, 9.17) is 5.73 Å². The maximum absolute atomic E-state index is 5.96. The maximum atomic E-state index is 5.96. The molecule has 1 saturated carbocycles. The molecule has 0 saturated heterocycles. The standard InChI is InChI=1S/C14H18BrN5/c1-14(2)8-4-7-11(14)20-13(17-18-19-20)9-5-3-6-10(16)12(9)15/h3,5-6,11H,4,7-8,16H2,1-2H3. The van der Waals surface area contributed by atoms with Crippen LogP contribution in [0.15, 0.2) is 22.7 Å². The molecule has 6 heteroatoms. The minimum absolute atomic E-state index is 0.219. The van der Waals surface area contributed by atoms with Crippen molar-refractivity contribution in [2.75, 3.05) is 5.73 Å². The van der Waals surface area contributed by atoms with E-state index in [2.05, 4.69) is 45.3 Å². The minimum Gasteiger partial charge on any atom is -0.398 e. The van der Waals surface area contributed by atoms with Crippen molar-refractivity contribution in [3.05, 3.63) is 22.7 Å². The lowest BCUT2D eigenvalue weighted by Gasteiger charge is -2.27. The molecule has 20 heavy (non-hydrogen) atoms. The van der Waals surface area contributed by atoms with E-state index in [9.17, 15) is 0 Å². The van der Waals surface area contributed by atoms with Gasteiger partial charge in [0, 0.05) is 11.3 Å². The summed E-state index contributed by atoms with van der Waals surface area (Å²) in [7, 11) is 0. The Hall–Kier alpha value is -1.43. The predicted molar refractivity (Wildman–Crippen MR) is 82.0 cm³/mol. The number of benzene rings is 1. The molecule has 106 valence electrons. The molecule has 2 aromatic rings. The summed E-state index contributed by atoms with van der Waals surface area (Å²) < 4.78 is 2.82. The van der Waals surface area contributed by atoms with Gasteiger partial charge in [0.1, 0.15) is 0 Å². The van der Waals surface area contributed by atoms with Crippen molar-refractivity contribution in [3.8, 4) is 11.4 Å². The summed E-state index contributed by atoms with van der Waals surface area (Å²) in [5.74, 6) is 0.782. The summed E-state index contributed by atoms with van der Waals surface area (Å²) in [4.78, 5) is 0. The van der Waals surface area contributed by atoms with Crippen LogP contribution >= 0.6 is 15.9 Å². The fourth-order valence-electron chi connectivity index (χ4n) is 3.07. The average molecular weight is 336 g/mol. The summed E-state index contributed by atoms with van der Waals surface area (Å²) in [5.41, 5.74) is 7.82. The normalized spacial score (nSPS) is 21.2. The Morgan fingerprint density at radius 3 is 2.90 bits per heavy atom. The van der Waals surface area contributed by atoms with Crippen LogP contribution in [0.5, 0.6) is 0 Å². The van der Waals surface area contributed by atoms with Crippen molar-refractivity contribution in [1.29, 1.82) is 0 Å². The summed E-state index contributed by atoms with van der Waals surface area (Å²) in [5, 5.41) is 12.3. The molecule has 1 heterocycles. The molecule has 0 bridgehead atoms. The topological polar surface area (TPSA) is 69.6 Å². The van der Waals surface area contributed by atoms with Crippen LogP contribution in [0.4, 0.5) is 5.69 Å². The Labute approximate surface area is 126 Å². The van der Waals surface area contributed by atoms with Crippen LogP contribution in [-0.4, -0.2) is 20.2 Å². The van der Waals surface area contributed by atoms with E-state index in [1.807, 2.05) is 22.9 Å². The molecule has 0 amide bonds. The zero-order valence-electron chi connectivity index (χ0n) is 11.7. The van der Waals surface area contributed by atoms with Crippen molar-refractivity contribution >= 4 is 21.6 Å². The third-order valence-electron chi connectivity index (χ3n) is 4.26. The molecule has 1 fully saturated rings. The number of rotatable bonds is 2. The fraction of sp³-hybridized carbons (Fsp3) is 0.500. The van der Waals surface area contributed by atoms with Crippen molar-refractivity contribution in [2.24, 2.45) is 5.41 Å². The molecule has 1 aromatic heterocycles. The van der Waals surface area contributed by atoms with E-state index in [0.717, 1.165) is 22.3 Å². The van der Waals surface area contributed by atoms with Crippen LogP contribution in [0.2, 0.25) is 0 Å². The number of nitrogens with two attached hydrogens (primary N) is 1. The van der Waals surface area contributed by atoms with Crippen LogP contribution in [0, 0.1) is 5.41 Å². The fourth-order valence-corrected chi connectivity index (χ4v) is 3.51. The largest absolute Gasteiger partial charge is 0.398 e. The van der Waals surface area contributed by atoms with E-state index in [-0.39, 0.29) is 5.41 Å². The molecule has 1 unspecified atom stereocenters. The lowest BCUT2D eigenvalue weighted by atomic mass is 9.87. The second-order valence-electron chi connectivity index (χ2n) is 6.05. The first-order valence-corrected chi connectivity index (χ1v) is 7.62. The van der Waals surface area contributed by atoms with E-state index < -0.39 is 0 Å². The van der Waals surface area contributed by atoms with E-state index in [1.165, 1.54) is 12.8 Å². The highest BCUT2D eigenvalue weighted by Crippen LogP contribution is 2.46. The van der Waals surface area contributed by atoms with Gasteiger partial charge in [-0.2, -0.15) is 0 Å². The maximum Gasteiger partial charge on any atom is 0.183 e.